The van der Waals surface area contributed by atoms with Crippen molar-refractivity contribution >= 4 is 53.2 Å². The predicted octanol–water partition coefficient (Wildman–Crippen LogP) is 5.72. The maximum Gasteiger partial charge on any atom is 0.697 e. The van der Waals surface area contributed by atoms with Crippen LogP contribution in [0.2, 0.25) is 0 Å². The molecule has 2 aromatic heterocycles. The molecule has 0 saturated heterocycles. The van der Waals surface area contributed by atoms with E-state index in [0.717, 1.165) is 0 Å². The highest BCUT2D eigenvalue weighted by molar-refractivity contribution is 9.10. The van der Waals surface area contributed by atoms with Gasteiger partial charge in [-0.1, -0.05) is 6.07 Å². The van der Waals surface area contributed by atoms with Gasteiger partial charge in [-0.2, -0.15) is 18.2 Å². The smallest absolute Gasteiger partial charge is 0.495 e. The van der Waals surface area contributed by atoms with Gasteiger partial charge in [0.25, 0.3) is 5.91 Å². The minimum atomic E-state index is -4.79. The number of amides is 1. The summed E-state index contributed by atoms with van der Waals surface area (Å²) in [5.41, 5.74) is -0.358. The highest BCUT2D eigenvalue weighted by Crippen LogP contribution is 2.37. The molecule has 11 nitrogen and oxygen atoms in total. The molecule has 0 bridgehead atoms. The zero-order valence-electron chi connectivity index (χ0n) is 20.2. The monoisotopic (exact) mass is 617 g/mol. The molecule has 1 aromatic carbocycles. The van der Waals surface area contributed by atoms with Crippen LogP contribution in [0, 0.1) is 0 Å². The highest BCUT2D eigenvalue weighted by atomic mass is 79.9. The molecule has 38 heavy (non-hydrogen) atoms. The van der Waals surface area contributed by atoms with Crippen LogP contribution in [0.4, 0.5) is 36.3 Å². The molecule has 0 saturated carbocycles. The average Bonchev–Trinajstić information content (AvgIpc) is 2.88. The van der Waals surface area contributed by atoms with Gasteiger partial charge in [-0.3, -0.25) is 4.79 Å². The summed E-state index contributed by atoms with van der Waals surface area (Å²) < 4.78 is 68.4. The number of methoxy groups -OCH3 is 1. The summed E-state index contributed by atoms with van der Waals surface area (Å²) in [4.78, 5) is 24.1. The summed E-state index contributed by atoms with van der Waals surface area (Å²) >= 11 is 3.14. The molecule has 202 valence electrons. The lowest BCUT2D eigenvalue weighted by atomic mass is 10.2. The number of nitrogens with zero attached hydrogens (tertiary/aromatic N) is 3. The van der Waals surface area contributed by atoms with Gasteiger partial charge >= 0.3 is 14.4 Å². The summed E-state index contributed by atoms with van der Waals surface area (Å²) in [6, 6.07) is 7.64. The van der Waals surface area contributed by atoms with Crippen LogP contribution in [0.15, 0.2) is 41.1 Å². The van der Waals surface area contributed by atoms with Gasteiger partial charge in [0.05, 0.1) is 18.5 Å². The molecule has 0 spiro atoms. The van der Waals surface area contributed by atoms with Gasteiger partial charge in [-0.05, 0) is 52.7 Å². The number of ether oxygens (including phenoxy) is 1. The molecule has 3 rings (SSSR count). The summed E-state index contributed by atoms with van der Waals surface area (Å²) in [6.45, 7) is 1.89. The van der Waals surface area contributed by atoms with Crippen LogP contribution in [-0.2, 0) is 26.4 Å². The van der Waals surface area contributed by atoms with Gasteiger partial charge in [-0.15, -0.1) is 9.05 Å². The lowest BCUT2D eigenvalue weighted by Gasteiger charge is -2.17. The Morgan fingerprint density at radius 2 is 1.84 bits per heavy atom. The van der Waals surface area contributed by atoms with Crippen LogP contribution in [0.5, 0.6) is 5.75 Å². The van der Waals surface area contributed by atoms with Gasteiger partial charge < -0.3 is 20.7 Å². The van der Waals surface area contributed by atoms with E-state index >= 15 is 0 Å². The highest BCUT2D eigenvalue weighted by Gasteiger charge is 2.36. The van der Waals surface area contributed by atoms with Crippen LogP contribution in [0.25, 0.3) is 0 Å². The number of hydrogen-bond donors (Lipinski definition) is 3. The number of alkyl halides is 3. The lowest BCUT2D eigenvalue weighted by molar-refractivity contribution is -0.137. The van der Waals surface area contributed by atoms with Crippen molar-refractivity contribution in [1.82, 2.24) is 20.3 Å². The normalized spacial score (nSPS) is 11.6. The van der Waals surface area contributed by atoms with E-state index in [1.165, 1.54) is 26.3 Å². The second kappa shape index (κ2) is 12.9. The molecule has 1 amide bonds. The first-order valence-electron chi connectivity index (χ1n) is 10.8. The first kappa shape index (κ1) is 29.2. The van der Waals surface area contributed by atoms with E-state index in [1.807, 2.05) is 0 Å². The number of hydrogen-bond acceptors (Lipinski definition) is 10. The van der Waals surface area contributed by atoms with Gasteiger partial charge in [0, 0.05) is 17.8 Å². The van der Waals surface area contributed by atoms with E-state index in [-0.39, 0.29) is 30.5 Å². The molecule has 3 aromatic rings. The summed E-state index contributed by atoms with van der Waals surface area (Å²) in [5, 5.41) is 7.75. The third-order valence-corrected chi connectivity index (χ3v) is 5.98. The summed E-state index contributed by atoms with van der Waals surface area (Å²) in [7, 11) is 0.493. The fraction of sp³-hybridized carbons (Fsp3) is 0.273. The third-order valence-electron chi connectivity index (χ3n) is 4.73. The minimum absolute atomic E-state index is 0.00461. The fourth-order valence-corrected chi connectivity index (χ4v) is 3.87. The van der Waals surface area contributed by atoms with Crippen LogP contribution < -0.4 is 20.7 Å². The van der Waals surface area contributed by atoms with Gasteiger partial charge in [0.1, 0.15) is 34.9 Å². The minimum Gasteiger partial charge on any atom is -0.495 e. The molecule has 0 fully saturated rings. The molecule has 0 aliphatic rings. The number of carbonyl (C=O) groups excluding carboxylic acids is 1. The molecule has 16 heteroatoms. The van der Waals surface area contributed by atoms with Gasteiger partial charge in [0.2, 0.25) is 5.95 Å². The second-order valence-corrected chi connectivity index (χ2v) is 9.04. The van der Waals surface area contributed by atoms with E-state index < -0.39 is 31.7 Å². The number of carbonyl (C=O) groups is 1. The van der Waals surface area contributed by atoms with Crippen molar-refractivity contribution in [1.29, 1.82) is 0 Å². The number of nitrogens with one attached hydrogen (secondary N) is 3. The van der Waals surface area contributed by atoms with Crippen LogP contribution in [0.1, 0.15) is 28.5 Å². The van der Waals surface area contributed by atoms with Gasteiger partial charge in [-0.25, -0.2) is 9.97 Å². The molecule has 0 radical (unpaired) electrons. The number of halogens is 4. The van der Waals surface area contributed by atoms with E-state index in [1.54, 1.807) is 25.1 Å². The van der Waals surface area contributed by atoms with Crippen molar-refractivity contribution in [3.8, 4) is 5.75 Å². The maximum atomic E-state index is 13.7. The number of anilines is 4. The quantitative estimate of drug-likeness (QED) is 0.181. The van der Waals surface area contributed by atoms with Crippen molar-refractivity contribution in [2.45, 2.75) is 19.7 Å². The average molecular weight is 618 g/mol. The number of rotatable bonds is 11. The molecular formula is C22H22BrF3N6O5P+. The first-order valence-corrected chi connectivity index (χ1v) is 12.7. The zero-order valence-corrected chi connectivity index (χ0v) is 22.7. The molecule has 3 N–H and O–H groups in total. The third kappa shape index (κ3) is 7.57. The topological polar surface area (TPSA) is 137 Å². The van der Waals surface area contributed by atoms with E-state index in [4.69, 9.17) is 13.8 Å². The van der Waals surface area contributed by atoms with Crippen molar-refractivity contribution in [3.05, 3.63) is 58.0 Å². The Morgan fingerprint density at radius 1 is 1.11 bits per heavy atom. The molecule has 0 aliphatic heterocycles. The largest absolute Gasteiger partial charge is 0.697 e. The number of benzene rings is 1. The van der Waals surface area contributed by atoms with Crippen molar-refractivity contribution in [3.63, 3.8) is 0 Å². The lowest BCUT2D eigenvalue weighted by Crippen LogP contribution is -2.21. The van der Waals surface area contributed by atoms with Crippen molar-refractivity contribution in [2.24, 2.45) is 0 Å². The Hall–Kier alpha value is -3.39. The molecule has 2 heterocycles. The Morgan fingerprint density at radius 3 is 2.50 bits per heavy atom. The van der Waals surface area contributed by atoms with Crippen LogP contribution in [-0.4, -0.2) is 41.6 Å². The molecular weight excluding hydrogens is 596 g/mol. The van der Waals surface area contributed by atoms with E-state index in [2.05, 4.69) is 46.8 Å². The second-order valence-electron chi connectivity index (χ2n) is 7.26. The van der Waals surface area contributed by atoms with E-state index in [0.29, 0.717) is 27.8 Å². The molecule has 0 aliphatic carbocycles. The predicted molar refractivity (Wildman–Crippen MR) is 136 cm³/mol. The van der Waals surface area contributed by atoms with Crippen molar-refractivity contribution < 1.29 is 36.3 Å². The number of aromatic nitrogens is 3. The van der Waals surface area contributed by atoms with Crippen molar-refractivity contribution in [2.75, 3.05) is 31.4 Å². The Kier molecular flexibility index (Phi) is 9.91. The number of pyridine rings is 1. The maximum absolute atomic E-state index is 13.7. The summed E-state index contributed by atoms with van der Waals surface area (Å²) in [6.07, 6.45) is -4.18. The molecule has 1 atom stereocenters. The van der Waals surface area contributed by atoms with Crippen LogP contribution >= 0.6 is 24.2 Å². The molecule has 1 unspecified atom stereocenters. The van der Waals surface area contributed by atoms with Crippen LogP contribution in [0.3, 0.4) is 0 Å². The standard InChI is InChI=1S/C22H21BrF3N6O5P/c1-4-36-38(34)37-11-12-5-6-14(16(9-12)35-3)30-21-28-10-13(22(24,25)26)19(32-21)29-15-7-8-17(23)31-18(15)20(33)27-2/h5-10H,4,11H2,1-3H3,(H2-,27,28,29,30,32,33)/p+1. The van der Waals surface area contributed by atoms with Gasteiger partial charge in [0.15, 0.2) is 5.69 Å². The Balaban J connectivity index is 1.92. The fourth-order valence-electron chi connectivity index (χ4n) is 3.02. The summed E-state index contributed by atoms with van der Waals surface area (Å²) in [5.74, 6) is -1.11. The zero-order chi connectivity index (χ0) is 27.9. The SMILES string of the molecule is CCO[P+](=O)OCc1ccc(Nc2ncc(C(F)(F)F)c(Nc3ccc(Br)nc3C(=O)NC)n2)c(OC)c1. The van der Waals surface area contributed by atoms with E-state index in [9.17, 15) is 22.5 Å². The Bertz CT molecular complexity index is 1330. The Labute approximate surface area is 224 Å². The first-order chi connectivity index (χ1) is 18.0.